The normalized spacial score (nSPS) is 19.2. The molecular formula is C13H17NO3. The van der Waals surface area contributed by atoms with Crippen molar-refractivity contribution in [2.45, 2.75) is 18.9 Å². The Morgan fingerprint density at radius 2 is 1.94 bits per heavy atom. The molecule has 1 aliphatic heterocycles. The Morgan fingerprint density at radius 1 is 1.29 bits per heavy atom. The summed E-state index contributed by atoms with van der Waals surface area (Å²) in [5.41, 5.74) is 0.974. The van der Waals surface area contributed by atoms with Crippen molar-refractivity contribution >= 4 is 6.41 Å². The van der Waals surface area contributed by atoms with Crippen molar-refractivity contribution in [1.29, 1.82) is 0 Å². The van der Waals surface area contributed by atoms with Crippen molar-refractivity contribution < 1.29 is 14.3 Å². The molecule has 0 aromatic heterocycles. The number of rotatable bonds is 4. The molecule has 1 heterocycles. The molecule has 1 saturated heterocycles. The SMILES string of the molecule is COc1cccc(OC)c1[C@H]1CCCN1C=O. The van der Waals surface area contributed by atoms with Crippen LogP contribution in [0.3, 0.4) is 0 Å². The number of likely N-dealkylation sites (tertiary alicyclic amines) is 1. The molecule has 1 atom stereocenters. The van der Waals surface area contributed by atoms with Gasteiger partial charge in [0, 0.05) is 6.54 Å². The van der Waals surface area contributed by atoms with Gasteiger partial charge >= 0.3 is 0 Å². The molecule has 1 fully saturated rings. The van der Waals surface area contributed by atoms with Gasteiger partial charge in [-0.1, -0.05) is 6.07 Å². The second kappa shape index (κ2) is 5.08. The first kappa shape index (κ1) is 11.8. The van der Waals surface area contributed by atoms with Gasteiger partial charge < -0.3 is 14.4 Å². The lowest BCUT2D eigenvalue weighted by atomic mass is 10.0. The van der Waals surface area contributed by atoms with Gasteiger partial charge in [-0.25, -0.2) is 0 Å². The maximum Gasteiger partial charge on any atom is 0.210 e. The third-order valence-corrected chi connectivity index (χ3v) is 3.23. The lowest BCUT2D eigenvalue weighted by molar-refractivity contribution is -0.118. The molecule has 1 aromatic rings. The standard InChI is InChI=1S/C13H17NO3/c1-16-11-6-3-7-12(17-2)13(11)10-5-4-8-14(10)9-15/h3,6-7,9-10H,4-5,8H2,1-2H3/t10-/m1/s1. The fourth-order valence-corrected chi connectivity index (χ4v) is 2.43. The Labute approximate surface area is 101 Å². The van der Waals surface area contributed by atoms with Crippen LogP contribution in [0.5, 0.6) is 11.5 Å². The monoisotopic (exact) mass is 235 g/mol. The molecule has 1 aliphatic rings. The highest BCUT2D eigenvalue weighted by Crippen LogP contribution is 2.41. The van der Waals surface area contributed by atoms with E-state index in [4.69, 9.17) is 9.47 Å². The van der Waals surface area contributed by atoms with E-state index in [-0.39, 0.29) is 6.04 Å². The highest BCUT2D eigenvalue weighted by molar-refractivity contribution is 5.54. The van der Waals surface area contributed by atoms with Crippen LogP contribution in [0.2, 0.25) is 0 Å². The zero-order valence-electron chi connectivity index (χ0n) is 10.2. The first-order chi connectivity index (χ1) is 8.31. The molecule has 4 heteroatoms. The van der Waals surface area contributed by atoms with Crippen LogP contribution in [0, 0.1) is 0 Å². The lowest BCUT2D eigenvalue weighted by Crippen LogP contribution is -2.22. The van der Waals surface area contributed by atoms with E-state index >= 15 is 0 Å². The number of carbonyl (C=O) groups excluding carboxylic acids is 1. The van der Waals surface area contributed by atoms with Gasteiger partial charge in [0.1, 0.15) is 11.5 Å². The van der Waals surface area contributed by atoms with Gasteiger partial charge in [-0.15, -0.1) is 0 Å². The van der Waals surface area contributed by atoms with Gasteiger partial charge in [-0.05, 0) is 25.0 Å². The molecule has 17 heavy (non-hydrogen) atoms. The van der Waals surface area contributed by atoms with Crippen LogP contribution in [0.25, 0.3) is 0 Å². The summed E-state index contributed by atoms with van der Waals surface area (Å²) in [5, 5.41) is 0. The smallest absolute Gasteiger partial charge is 0.210 e. The third-order valence-electron chi connectivity index (χ3n) is 3.23. The molecule has 0 radical (unpaired) electrons. The second-order valence-electron chi connectivity index (χ2n) is 4.08. The van der Waals surface area contributed by atoms with Crippen LogP contribution in [0.1, 0.15) is 24.4 Å². The molecule has 2 rings (SSSR count). The van der Waals surface area contributed by atoms with Gasteiger partial charge in [0.15, 0.2) is 0 Å². The van der Waals surface area contributed by atoms with Crippen molar-refractivity contribution in [2.75, 3.05) is 20.8 Å². The zero-order chi connectivity index (χ0) is 12.3. The van der Waals surface area contributed by atoms with Crippen molar-refractivity contribution in [3.63, 3.8) is 0 Å². The van der Waals surface area contributed by atoms with Crippen molar-refractivity contribution in [1.82, 2.24) is 4.90 Å². The maximum absolute atomic E-state index is 11.0. The number of carbonyl (C=O) groups is 1. The molecule has 0 saturated carbocycles. The van der Waals surface area contributed by atoms with E-state index in [1.54, 1.807) is 19.1 Å². The van der Waals surface area contributed by atoms with Gasteiger partial charge in [-0.3, -0.25) is 4.79 Å². The Hall–Kier alpha value is -1.71. The third kappa shape index (κ3) is 2.07. The molecule has 0 spiro atoms. The summed E-state index contributed by atoms with van der Waals surface area (Å²) in [6.45, 7) is 0.801. The highest BCUT2D eigenvalue weighted by atomic mass is 16.5. The molecular weight excluding hydrogens is 218 g/mol. The highest BCUT2D eigenvalue weighted by Gasteiger charge is 2.29. The van der Waals surface area contributed by atoms with Crippen LogP contribution in [0.15, 0.2) is 18.2 Å². The van der Waals surface area contributed by atoms with Gasteiger partial charge in [-0.2, -0.15) is 0 Å². The first-order valence-corrected chi connectivity index (χ1v) is 5.73. The molecule has 0 unspecified atom stereocenters. The van der Waals surface area contributed by atoms with E-state index in [1.165, 1.54) is 0 Å². The van der Waals surface area contributed by atoms with Crippen LogP contribution in [-0.2, 0) is 4.79 Å². The van der Waals surface area contributed by atoms with Gasteiger partial charge in [0.2, 0.25) is 6.41 Å². The maximum atomic E-state index is 11.0. The fourth-order valence-electron chi connectivity index (χ4n) is 2.43. The average Bonchev–Trinajstić information content (AvgIpc) is 2.85. The predicted molar refractivity (Wildman–Crippen MR) is 64.3 cm³/mol. The second-order valence-corrected chi connectivity index (χ2v) is 4.08. The van der Waals surface area contributed by atoms with Gasteiger partial charge in [0.25, 0.3) is 0 Å². The van der Waals surface area contributed by atoms with Crippen LogP contribution in [0.4, 0.5) is 0 Å². The van der Waals surface area contributed by atoms with E-state index in [1.807, 2.05) is 18.2 Å². The van der Waals surface area contributed by atoms with Crippen LogP contribution < -0.4 is 9.47 Å². The molecule has 0 N–H and O–H groups in total. The van der Waals surface area contributed by atoms with Crippen LogP contribution >= 0.6 is 0 Å². The largest absolute Gasteiger partial charge is 0.496 e. The Balaban J connectivity index is 2.44. The fraction of sp³-hybridized carbons (Fsp3) is 0.462. The molecule has 1 aromatic carbocycles. The van der Waals surface area contributed by atoms with Gasteiger partial charge in [0.05, 0.1) is 25.8 Å². The summed E-state index contributed by atoms with van der Waals surface area (Å²) in [6, 6.07) is 5.76. The summed E-state index contributed by atoms with van der Waals surface area (Å²) in [5.74, 6) is 1.56. The van der Waals surface area contributed by atoms with E-state index in [0.29, 0.717) is 0 Å². The number of benzene rings is 1. The Morgan fingerprint density at radius 3 is 2.47 bits per heavy atom. The number of ether oxygens (including phenoxy) is 2. The molecule has 4 nitrogen and oxygen atoms in total. The number of amides is 1. The summed E-state index contributed by atoms with van der Waals surface area (Å²) < 4.78 is 10.7. The number of nitrogens with zero attached hydrogens (tertiary/aromatic N) is 1. The predicted octanol–water partition coefficient (Wildman–Crippen LogP) is 2.00. The summed E-state index contributed by atoms with van der Waals surface area (Å²) in [4.78, 5) is 12.8. The first-order valence-electron chi connectivity index (χ1n) is 5.73. The molecule has 0 aliphatic carbocycles. The number of hydrogen-bond acceptors (Lipinski definition) is 3. The summed E-state index contributed by atoms with van der Waals surface area (Å²) in [7, 11) is 3.27. The van der Waals surface area contributed by atoms with Crippen molar-refractivity contribution in [3.05, 3.63) is 23.8 Å². The lowest BCUT2D eigenvalue weighted by Gasteiger charge is -2.24. The Kier molecular flexibility index (Phi) is 3.52. The van der Waals surface area contributed by atoms with E-state index in [0.717, 1.165) is 42.9 Å². The minimum atomic E-state index is 0.0681. The number of hydrogen-bond donors (Lipinski definition) is 0. The van der Waals surface area contributed by atoms with Crippen molar-refractivity contribution in [2.24, 2.45) is 0 Å². The van der Waals surface area contributed by atoms with E-state index < -0.39 is 0 Å². The topological polar surface area (TPSA) is 38.8 Å². The van der Waals surface area contributed by atoms with Crippen LogP contribution in [-0.4, -0.2) is 32.1 Å². The minimum Gasteiger partial charge on any atom is -0.496 e. The molecule has 1 amide bonds. The average molecular weight is 235 g/mol. The number of methoxy groups -OCH3 is 2. The molecule has 92 valence electrons. The van der Waals surface area contributed by atoms with Crippen molar-refractivity contribution in [3.8, 4) is 11.5 Å². The van der Waals surface area contributed by atoms with E-state index in [9.17, 15) is 4.79 Å². The summed E-state index contributed by atoms with van der Waals surface area (Å²) >= 11 is 0. The minimum absolute atomic E-state index is 0.0681. The quantitative estimate of drug-likeness (QED) is 0.749. The van der Waals surface area contributed by atoms with E-state index in [2.05, 4.69) is 0 Å². The zero-order valence-corrected chi connectivity index (χ0v) is 10.2. The summed E-state index contributed by atoms with van der Waals surface area (Å²) in [6.07, 6.45) is 2.88. The Bertz CT molecular complexity index is 383. The molecule has 0 bridgehead atoms.